The Bertz CT molecular complexity index is 715. The highest BCUT2D eigenvalue weighted by atomic mass is 79.9. The molecular weight excluding hydrogens is 334 g/mol. The number of benzene rings is 1. The van der Waals surface area contributed by atoms with Crippen LogP contribution in [0.5, 0.6) is 11.5 Å². The Balaban J connectivity index is 2.00. The fraction of sp³-hybridized carbons (Fsp3) is 0.312. The highest BCUT2D eigenvalue weighted by Crippen LogP contribution is 2.33. The van der Waals surface area contributed by atoms with E-state index in [0.717, 1.165) is 16.9 Å². The van der Waals surface area contributed by atoms with Crippen molar-refractivity contribution in [3.05, 3.63) is 56.4 Å². The van der Waals surface area contributed by atoms with Gasteiger partial charge in [-0.2, -0.15) is 0 Å². The minimum absolute atomic E-state index is 0.0518. The van der Waals surface area contributed by atoms with E-state index in [9.17, 15) is 4.79 Å². The molecule has 0 unspecified atom stereocenters. The fourth-order valence-electron chi connectivity index (χ4n) is 2.32. The van der Waals surface area contributed by atoms with Crippen molar-refractivity contribution in [2.24, 2.45) is 0 Å². The number of pyridine rings is 1. The maximum atomic E-state index is 12.0. The van der Waals surface area contributed by atoms with Crippen molar-refractivity contribution in [1.82, 2.24) is 4.57 Å². The van der Waals surface area contributed by atoms with Crippen molar-refractivity contribution in [1.29, 1.82) is 0 Å². The number of aromatic nitrogens is 1. The third kappa shape index (κ3) is 2.76. The fourth-order valence-corrected chi connectivity index (χ4v) is 2.70. The molecule has 110 valence electrons. The second-order valence-corrected chi connectivity index (χ2v) is 6.10. The van der Waals surface area contributed by atoms with Gasteiger partial charge in [0.15, 0.2) is 5.75 Å². The van der Waals surface area contributed by atoms with Crippen molar-refractivity contribution in [3.63, 3.8) is 0 Å². The minimum atomic E-state index is -0.0518. The van der Waals surface area contributed by atoms with Crippen LogP contribution in [0.4, 0.5) is 0 Å². The van der Waals surface area contributed by atoms with E-state index in [1.54, 1.807) is 16.8 Å². The minimum Gasteiger partial charge on any atom is -0.454 e. The average molecular weight is 350 g/mol. The van der Waals surface area contributed by atoms with Crippen molar-refractivity contribution >= 4 is 15.9 Å². The lowest BCUT2D eigenvalue weighted by molar-refractivity contribution is -0.0250. The van der Waals surface area contributed by atoms with Crippen molar-refractivity contribution < 1.29 is 9.47 Å². The molecule has 4 nitrogen and oxygen atoms in total. The maximum Gasteiger partial charge on any atom is 0.252 e. The summed E-state index contributed by atoms with van der Waals surface area (Å²) in [5.41, 5.74) is 2.07. The van der Waals surface area contributed by atoms with E-state index in [1.807, 2.05) is 32.0 Å². The van der Waals surface area contributed by atoms with E-state index in [2.05, 4.69) is 15.9 Å². The Morgan fingerprint density at radius 1 is 1.29 bits per heavy atom. The van der Waals surface area contributed by atoms with Crippen LogP contribution in [0.1, 0.15) is 17.2 Å². The molecule has 1 aromatic carbocycles. The quantitative estimate of drug-likeness (QED) is 0.849. The molecule has 0 N–H and O–H groups in total. The molecule has 0 radical (unpaired) electrons. The molecule has 1 saturated heterocycles. The lowest BCUT2D eigenvalue weighted by atomic mass is 10.1. The van der Waals surface area contributed by atoms with E-state index < -0.39 is 0 Å². The van der Waals surface area contributed by atoms with Crippen LogP contribution >= 0.6 is 15.9 Å². The first-order valence-corrected chi connectivity index (χ1v) is 7.59. The van der Waals surface area contributed by atoms with Crippen LogP contribution in [0, 0.1) is 13.8 Å². The molecule has 1 fully saturated rings. The first-order valence-electron chi connectivity index (χ1n) is 6.80. The Hall–Kier alpha value is -1.59. The van der Waals surface area contributed by atoms with E-state index in [0.29, 0.717) is 23.4 Å². The normalized spacial score (nSPS) is 14.8. The van der Waals surface area contributed by atoms with Crippen LogP contribution in [0.2, 0.25) is 0 Å². The number of hydrogen-bond acceptors (Lipinski definition) is 3. The number of nitrogens with zero attached hydrogens (tertiary/aromatic N) is 1. The second kappa shape index (κ2) is 5.66. The summed E-state index contributed by atoms with van der Waals surface area (Å²) in [7, 11) is 0. The Morgan fingerprint density at radius 3 is 2.52 bits per heavy atom. The van der Waals surface area contributed by atoms with Gasteiger partial charge in [0.2, 0.25) is 0 Å². The van der Waals surface area contributed by atoms with Gasteiger partial charge in [-0.05, 0) is 40.9 Å². The summed E-state index contributed by atoms with van der Waals surface area (Å²) in [5, 5.41) is 0. The largest absolute Gasteiger partial charge is 0.454 e. The van der Waals surface area contributed by atoms with Crippen LogP contribution < -0.4 is 10.3 Å². The van der Waals surface area contributed by atoms with Gasteiger partial charge in [0.05, 0.1) is 29.9 Å². The molecule has 0 atom stereocenters. The van der Waals surface area contributed by atoms with Crippen LogP contribution in [0.3, 0.4) is 0 Å². The van der Waals surface area contributed by atoms with Gasteiger partial charge in [0.25, 0.3) is 5.56 Å². The summed E-state index contributed by atoms with van der Waals surface area (Å²) in [5.74, 6) is 1.46. The number of aryl methyl sites for hydroxylation is 2. The highest BCUT2D eigenvalue weighted by molar-refractivity contribution is 9.10. The second-order valence-electron chi connectivity index (χ2n) is 5.25. The standard InChI is InChI=1S/C16H16BrNO3/c1-10-4-3-5-11(2)16(10)21-14-7-18(12-8-20-9-12)15(19)6-13(14)17/h3-7,12H,8-9H2,1-2H3. The first kappa shape index (κ1) is 14.4. The SMILES string of the molecule is Cc1cccc(C)c1Oc1cn(C2COC2)c(=O)cc1Br. The molecular formula is C16H16BrNO3. The van der Waals surface area contributed by atoms with Crippen molar-refractivity contribution in [2.75, 3.05) is 13.2 Å². The number of para-hydroxylation sites is 1. The lowest BCUT2D eigenvalue weighted by Crippen LogP contribution is -2.36. The summed E-state index contributed by atoms with van der Waals surface area (Å²) in [6.45, 7) is 5.16. The molecule has 2 aromatic rings. The number of halogens is 1. The molecule has 1 aromatic heterocycles. The predicted octanol–water partition coefficient (Wildman–Crippen LogP) is 3.59. The molecule has 0 aliphatic carbocycles. The van der Waals surface area contributed by atoms with Gasteiger partial charge >= 0.3 is 0 Å². The molecule has 0 amide bonds. The van der Waals surface area contributed by atoms with Gasteiger partial charge in [-0.15, -0.1) is 0 Å². The van der Waals surface area contributed by atoms with Crippen molar-refractivity contribution in [2.45, 2.75) is 19.9 Å². The summed E-state index contributed by atoms with van der Waals surface area (Å²) in [6, 6.07) is 7.66. The van der Waals surface area contributed by atoms with Crippen LogP contribution in [-0.2, 0) is 4.74 Å². The maximum absolute atomic E-state index is 12.0. The zero-order chi connectivity index (χ0) is 15.0. The molecule has 3 rings (SSSR count). The van der Waals surface area contributed by atoms with Crippen LogP contribution in [0.15, 0.2) is 39.7 Å². The van der Waals surface area contributed by atoms with Gasteiger partial charge in [0.1, 0.15) is 5.75 Å². The number of ether oxygens (including phenoxy) is 2. The topological polar surface area (TPSA) is 40.5 Å². The van der Waals surface area contributed by atoms with E-state index in [1.165, 1.54) is 0 Å². The molecule has 0 spiro atoms. The summed E-state index contributed by atoms with van der Waals surface area (Å²) >= 11 is 3.41. The third-order valence-electron chi connectivity index (χ3n) is 3.63. The summed E-state index contributed by atoms with van der Waals surface area (Å²) in [4.78, 5) is 12.0. The van der Waals surface area contributed by atoms with Gasteiger partial charge in [0, 0.05) is 6.07 Å². The van der Waals surface area contributed by atoms with Gasteiger partial charge < -0.3 is 14.0 Å². The molecule has 2 heterocycles. The molecule has 1 aliphatic heterocycles. The Labute approximate surface area is 131 Å². The summed E-state index contributed by atoms with van der Waals surface area (Å²) in [6.07, 6.45) is 1.76. The molecule has 0 saturated carbocycles. The van der Waals surface area contributed by atoms with Gasteiger partial charge in [-0.1, -0.05) is 18.2 Å². The zero-order valence-electron chi connectivity index (χ0n) is 11.9. The lowest BCUT2D eigenvalue weighted by Gasteiger charge is -2.28. The molecule has 0 bridgehead atoms. The molecule has 21 heavy (non-hydrogen) atoms. The first-order chi connectivity index (χ1) is 10.1. The average Bonchev–Trinajstić information content (AvgIpc) is 2.36. The van der Waals surface area contributed by atoms with E-state index >= 15 is 0 Å². The predicted molar refractivity (Wildman–Crippen MR) is 84.2 cm³/mol. The van der Waals surface area contributed by atoms with Crippen LogP contribution in [-0.4, -0.2) is 17.8 Å². The zero-order valence-corrected chi connectivity index (χ0v) is 13.5. The van der Waals surface area contributed by atoms with Gasteiger partial charge in [-0.25, -0.2) is 0 Å². The summed E-state index contributed by atoms with van der Waals surface area (Å²) < 4.78 is 13.5. The Morgan fingerprint density at radius 2 is 1.95 bits per heavy atom. The monoisotopic (exact) mass is 349 g/mol. The Kier molecular flexibility index (Phi) is 3.87. The molecule has 5 heteroatoms. The third-order valence-corrected chi connectivity index (χ3v) is 4.25. The number of rotatable bonds is 3. The number of hydrogen-bond donors (Lipinski definition) is 0. The van der Waals surface area contributed by atoms with E-state index in [4.69, 9.17) is 9.47 Å². The van der Waals surface area contributed by atoms with E-state index in [-0.39, 0.29) is 11.6 Å². The van der Waals surface area contributed by atoms with Crippen molar-refractivity contribution in [3.8, 4) is 11.5 Å². The molecule has 1 aliphatic rings. The highest BCUT2D eigenvalue weighted by Gasteiger charge is 2.22. The van der Waals surface area contributed by atoms with Gasteiger partial charge in [-0.3, -0.25) is 4.79 Å². The smallest absolute Gasteiger partial charge is 0.252 e. The van der Waals surface area contributed by atoms with Crippen LogP contribution in [0.25, 0.3) is 0 Å².